The van der Waals surface area contributed by atoms with Gasteiger partial charge in [0.25, 0.3) is 0 Å². The number of carbonyl (C=O) groups excluding carboxylic acids is 4. The zero-order chi connectivity index (χ0) is 40.0. The van der Waals surface area contributed by atoms with E-state index in [4.69, 9.17) is 25.4 Å². The van der Waals surface area contributed by atoms with Crippen LogP contribution in [0.5, 0.6) is 23.0 Å². The topological polar surface area (TPSA) is 183 Å². The van der Waals surface area contributed by atoms with Gasteiger partial charge in [0, 0.05) is 6.08 Å². The molecular weight excluding hydrogens is 752 g/mol. The Kier molecular flexibility index (Phi) is 11.1. The Morgan fingerprint density at radius 3 is 1.81 bits per heavy atom. The number of rotatable bonds is 8. The number of carbonyl (C=O) groups is 5. The van der Waals surface area contributed by atoms with Gasteiger partial charge >= 0.3 is 23.9 Å². The van der Waals surface area contributed by atoms with Crippen LogP contribution < -0.4 is 14.2 Å². The number of aromatic carboxylic acids is 1. The SMILES string of the molecule is C#Cc1c(OC(=O)c2c(C)c(C)c(OC(=O)[C@@]3(O)C(C)=CC(=O)C=C3OC)c(Br)c2O)cc(C)c(C(=O)Oc2c(C)c(C)c(C(=O)O)c(C)c2C)c1C. The number of terminal acetylenes is 1. The number of aryl methyl sites for hydroxylation is 1. The molecule has 0 saturated carbocycles. The first-order chi connectivity index (χ1) is 24.6. The molecule has 3 N–H and O–H groups in total. The van der Waals surface area contributed by atoms with Gasteiger partial charge in [0.05, 0.1) is 23.8 Å². The maximum atomic E-state index is 13.7. The third-order valence-corrected chi connectivity index (χ3v) is 10.4. The van der Waals surface area contributed by atoms with Gasteiger partial charge in [0.15, 0.2) is 11.5 Å². The highest BCUT2D eigenvalue weighted by Gasteiger charge is 2.48. The summed E-state index contributed by atoms with van der Waals surface area (Å²) in [6.07, 6.45) is 7.85. The predicted molar refractivity (Wildman–Crippen MR) is 196 cm³/mol. The molecule has 3 aromatic rings. The number of phenolic OH excluding ortho intramolecular Hbond substituents is 1. The van der Waals surface area contributed by atoms with Crippen LogP contribution in [0.15, 0.2) is 34.0 Å². The number of hydrogen-bond acceptors (Lipinski definition) is 11. The minimum absolute atomic E-state index is 0.0548. The molecule has 0 saturated heterocycles. The van der Waals surface area contributed by atoms with Crippen LogP contribution in [0.4, 0.5) is 0 Å². The Balaban J connectivity index is 1.70. The Labute approximate surface area is 314 Å². The molecule has 12 nitrogen and oxygen atoms in total. The van der Waals surface area contributed by atoms with E-state index in [9.17, 15) is 39.3 Å². The van der Waals surface area contributed by atoms with E-state index in [0.717, 1.165) is 12.2 Å². The maximum absolute atomic E-state index is 13.7. The Morgan fingerprint density at radius 2 is 1.28 bits per heavy atom. The van der Waals surface area contributed by atoms with Crippen LogP contribution in [0.1, 0.15) is 88.1 Å². The van der Waals surface area contributed by atoms with E-state index in [-0.39, 0.29) is 72.0 Å². The third kappa shape index (κ3) is 6.71. The van der Waals surface area contributed by atoms with Crippen molar-refractivity contribution < 1.29 is 58.2 Å². The lowest BCUT2D eigenvalue weighted by atomic mass is 9.87. The van der Waals surface area contributed by atoms with Crippen molar-refractivity contribution in [2.24, 2.45) is 0 Å². The molecule has 3 aromatic carbocycles. The van der Waals surface area contributed by atoms with Gasteiger partial charge in [-0.2, -0.15) is 0 Å². The molecule has 0 bridgehead atoms. The third-order valence-electron chi connectivity index (χ3n) is 9.65. The van der Waals surface area contributed by atoms with E-state index in [1.807, 2.05) is 0 Å². The standard InChI is InChI=1S/C40H37BrO12/c1-12-26-24(10)29(37(46)52-34-21(7)18(4)30(36(44)45)19(5)22(34)8)16(2)13-27(26)51-38(47)31-20(6)23(9)35(32(41)33(31)43)53-39(48)40(49)17(3)14-25(42)15-28(40)50-11/h1,13-15,43,49H,2-11H3,(H,44,45)/t40-/m1/s1. The molecule has 1 aliphatic carbocycles. The van der Waals surface area contributed by atoms with Crippen molar-refractivity contribution in [2.75, 3.05) is 7.11 Å². The van der Waals surface area contributed by atoms with E-state index in [1.165, 1.54) is 33.9 Å². The first-order valence-electron chi connectivity index (χ1n) is 16.0. The van der Waals surface area contributed by atoms with Crippen LogP contribution in [0, 0.1) is 67.7 Å². The van der Waals surface area contributed by atoms with Gasteiger partial charge in [-0.15, -0.1) is 6.42 Å². The quantitative estimate of drug-likeness (QED) is 0.129. The van der Waals surface area contributed by atoms with Crippen molar-refractivity contribution in [1.29, 1.82) is 0 Å². The molecule has 0 heterocycles. The van der Waals surface area contributed by atoms with Crippen LogP contribution in [0.25, 0.3) is 0 Å². The average Bonchev–Trinajstić information content (AvgIpc) is 3.08. The van der Waals surface area contributed by atoms with E-state index in [1.54, 1.807) is 41.5 Å². The second-order valence-corrected chi connectivity index (χ2v) is 13.5. The Morgan fingerprint density at radius 1 is 0.755 bits per heavy atom. The predicted octanol–water partition coefficient (Wildman–Crippen LogP) is 6.44. The monoisotopic (exact) mass is 788 g/mol. The van der Waals surface area contributed by atoms with Crippen molar-refractivity contribution in [3.05, 3.63) is 101 Å². The lowest BCUT2D eigenvalue weighted by Gasteiger charge is -2.30. The Bertz CT molecular complexity index is 2230. The lowest BCUT2D eigenvalue weighted by Crippen LogP contribution is -2.47. The fraction of sp³-hybridized carbons (Fsp3) is 0.275. The first kappa shape index (κ1) is 40.1. The number of phenols is 1. The van der Waals surface area contributed by atoms with Crippen molar-refractivity contribution >= 4 is 45.6 Å². The summed E-state index contributed by atoms with van der Waals surface area (Å²) in [4.78, 5) is 64.6. The van der Waals surface area contributed by atoms with Crippen molar-refractivity contribution in [1.82, 2.24) is 0 Å². The van der Waals surface area contributed by atoms with E-state index in [0.29, 0.717) is 27.8 Å². The number of halogens is 1. The van der Waals surface area contributed by atoms with Crippen LogP contribution in [-0.4, -0.2) is 57.7 Å². The molecular formula is C40H37BrO12. The summed E-state index contributed by atoms with van der Waals surface area (Å²) in [7, 11) is 1.18. The molecule has 0 amide bonds. The molecule has 0 spiro atoms. The second-order valence-electron chi connectivity index (χ2n) is 12.7. The first-order valence-corrected chi connectivity index (χ1v) is 16.8. The second kappa shape index (κ2) is 14.7. The van der Waals surface area contributed by atoms with E-state index >= 15 is 0 Å². The number of ketones is 1. The number of aliphatic hydroxyl groups is 1. The minimum atomic E-state index is -2.45. The van der Waals surface area contributed by atoms with Gasteiger partial charge in [-0.3, -0.25) is 4.79 Å². The maximum Gasteiger partial charge on any atom is 0.356 e. The number of benzene rings is 3. The summed E-state index contributed by atoms with van der Waals surface area (Å²) in [5.41, 5.74) is 0.361. The number of carboxylic acids is 1. The molecule has 0 unspecified atom stereocenters. The summed E-state index contributed by atoms with van der Waals surface area (Å²) in [6.45, 7) is 14.1. The van der Waals surface area contributed by atoms with Crippen LogP contribution in [0.2, 0.25) is 0 Å². The number of ether oxygens (including phenoxy) is 4. The van der Waals surface area contributed by atoms with E-state index < -0.39 is 41.0 Å². The van der Waals surface area contributed by atoms with Gasteiger partial charge in [0.2, 0.25) is 5.60 Å². The lowest BCUT2D eigenvalue weighted by molar-refractivity contribution is -0.151. The molecule has 276 valence electrons. The molecule has 13 heteroatoms. The zero-order valence-electron chi connectivity index (χ0n) is 30.7. The molecule has 0 aliphatic heterocycles. The summed E-state index contributed by atoms with van der Waals surface area (Å²) in [5, 5.41) is 32.2. The minimum Gasteiger partial charge on any atom is -0.506 e. The molecule has 0 aromatic heterocycles. The molecule has 0 radical (unpaired) electrons. The zero-order valence-corrected chi connectivity index (χ0v) is 32.3. The smallest absolute Gasteiger partial charge is 0.356 e. The normalized spacial score (nSPS) is 15.2. The fourth-order valence-corrected chi connectivity index (χ4v) is 6.85. The molecule has 1 aliphatic rings. The molecule has 1 atom stereocenters. The number of carboxylic acid groups (broad SMARTS) is 1. The van der Waals surface area contributed by atoms with Crippen LogP contribution in [0.3, 0.4) is 0 Å². The summed E-state index contributed by atoms with van der Waals surface area (Å²) in [5.74, 6) is -3.26. The van der Waals surface area contributed by atoms with Gasteiger partial charge < -0.3 is 34.3 Å². The van der Waals surface area contributed by atoms with Gasteiger partial charge in [-0.1, -0.05) is 5.92 Å². The number of esters is 3. The largest absolute Gasteiger partial charge is 0.506 e. The molecule has 4 rings (SSSR count). The highest BCUT2D eigenvalue weighted by atomic mass is 79.9. The number of methoxy groups -OCH3 is 1. The number of hydrogen-bond donors (Lipinski definition) is 3. The van der Waals surface area contributed by atoms with E-state index in [2.05, 4.69) is 21.9 Å². The summed E-state index contributed by atoms with van der Waals surface area (Å²) < 4.78 is 22.0. The van der Waals surface area contributed by atoms with Gasteiger partial charge in [-0.25, -0.2) is 19.2 Å². The van der Waals surface area contributed by atoms with Crippen LogP contribution >= 0.6 is 15.9 Å². The van der Waals surface area contributed by atoms with Crippen molar-refractivity contribution in [3.8, 4) is 35.3 Å². The highest BCUT2D eigenvalue weighted by Crippen LogP contribution is 2.44. The molecule has 53 heavy (non-hydrogen) atoms. The summed E-state index contributed by atoms with van der Waals surface area (Å²) >= 11 is 3.19. The summed E-state index contributed by atoms with van der Waals surface area (Å²) in [6, 6.07) is 1.39. The Hall–Kier alpha value is -5.71. The van der Waals surface area contributed by atoms with Gasteiger partial charge in [-0.05, 0) is 140 Å². The highest BCUT2D eigenvalue weighted by molar-refractivity contribution is 9.10. The van der Waals surface area contributed by atoms with Crippen molar-refractivity contribution in [3.63, 3.8) is 0 Å². The van der Waals surface area contributed by atoms with Crippen molar-refractivity contribution in [2.45, 2.75) is 67.9 Å². The average molecular weight is 790 g/mol. The fourth-order valence-electron chi connectivity index (χ4n) is 6.28. The van der Waals surface area contributed by atoms with Gasteiger partial charge in [0.1, 0.15) is 33.0 Å². The molecule has 0 fully saturated rings. The number of aromatic hydroxyl groups is 1. The van der Waals surface area contributed by atoms with Crippen LogP contribution in [-0.2, 0) is 14.3 Å². The number of allylic oxidation sites excluding steroid dienone is 2.